The van der Waals surface area contributed by atoms with Crippen molar-refractivity contribution < 1.29 is 17.6 Å². The first-order valence-corrected chi connectivity index (χ1v) is 11.9. The summed E-state index contributed by atoms with van der Waals surface area (Å²) in [7, 11) is -3.75. The Bertz CT molecular complexity index is 1420. The largest absolute Gasteiger partial charge is 0.337 e. The number of halogens is 3. The van der Waals surface area contributed by atoms with Gasteiger partial charge in [0, 0.05) is 22.1 Å². The molecule has 5 nitrogen and oxygen atoms in total. The Morgan fingerprint density at radius 3 is 2.47 bits per heavy atom. The predicted molar refractivity (Wildman–Crippen MR) is 124 cm³/mol. The van der Waals surface area contributed by atoms with Crippen molar-refractivity contribution >= 4 is 55.5 Å². The van der Waals surface area contributed by atoms with Crippen molar-refractivity contribution in [3.63, 3.8) is 0 Å². The van der Waals surface area contributed by atoms with Gasteiger partial charge in [0.2, 0.25) is 5.91 Å². The van der Waals surface area contributed by atoms with E-state index in [9.17, 15) is 17.6 Å². The highest BCUT2D eigenvalue weighted by Gasteiger charge is 2.22. The molecule has 164 valence electrons. The summed E-state index contributed by atoms with van der Waals surface area (Å²) in [5.41, 5.74) is 1.43. The van der Waals surface area contributed by atoms with Gasteiger partial charge in [-0.15, -0.1) is 0 Å². The molecular weight excluding hydrogens is 474 g/mol. The maximum absolute atomic E-state index is 13.2. The number of hydrogen-bond donors (Lipinski definition) is 1. The van der Waals surface area contributed by atoms with E-state index in [4.69, 9.17) is 23.2 Å². The number of benzene rings is 3. The van der Waals surface area contributed by atoms with Crippen LogP contribution >= 0.6 is 23.2 Å². The molecule has 4 rings (SSSR count). The quantitative estimate of drug-likeness (QED) is 0.376. The van der Waals surface area contributed by atoms with Crippen LogP contribution in [0.1, 0.15) is 5.56 Å². The molecule has 0 atom stereocenters. The number of amides is 1. The highest BCUT2D eigenvalue weighted by atomic mass is 35.5. The molecule has 0 spiro atoms. The molecule has 0 aliphatic carbocycles. The number of sulfone groups is 1. The molecule has 1 N–H and O–H groups in total. The van der Waals surface area contributed by atoms with Gasteiger partial charge in [-0.2, -0.15) is 0 Å². The molecule has 1 amide bonds. The summed E-state index contributed by atoms with van der Waals surface area (Å²) in [5, 5.41) is 3.96. The lowest BCUT2D eigenvalue weighted by molar-refractivity contribution is -0.116. The summed E-state index contributed by atoms with van der Waals surface area (Å²) in [5.74, 6) is -1.11. The van der Waals surface area contributed by atoms with Gasteiger partial charge in [-0.3, -0.25) is 4.79 Å². The second-order valence-corrected chi connectivity index (χ2v) is 10.00. The Balaban J connectivity index is 1.64. The normalized spacial score (nSPS) is 11.6. The summed E-state index contributed by atoms with van der Waals surface area (Å²) < 4.78 is 41.0. The maximum atomic E-state index is 13.2. The number of nitrogens with zero attached hydrogens (tertiary/aromatic N) is 1. The molecule has 0 bridgehead atoms. The third-order valence-electron chi connectivity index (χ3n) is 4.87. The van der Waals surface area contributed by atoms with E-state index in [2.05, 4.69) is 5.32 Å². The van der Waals surface area contributed by atoms with Crippen LogP contribution in [0.25, 0.3) is 10.9 Å². The number of nitrogens with one attached hydrogen (secondary N) is 1. The van der Waals surface area contributed by atoms with Crippen LogP contribution in [0.3, 0.4) is 0 Å². The van der Waals surface area contributed by atoms with Crippen LogP contribution in [-0.2, 0) is 26.9 Å². The van der Waals surface area contributed by atoms with Crippen molar-refractivity contribution in [3.05, 3.63) is 94.4 Å². The average molecular weight is 491 g/mol. The van der Waals surface area contributed by atoms with Gasteiger partial charge in [0.1, 0.15) is 12.4 Å². The molecule has 0 saturated carbocycles. The standard InChI is InChI=1S/C23H17Cl2FN2O3S/c24-16-7-10-19(25)20(11-16)27-23(29)13-28-12-22(18-3-1-2-4-21(18)28)32(30,31)14-15-5-8-17(26)9-6-15/h1-12H,13-14H2,(H,27,29). The van der Waals surface area contributed by atoms with Crippen molar-refractivity contribution in [2.75, 3.05) is 5.32 Å². The lowest BCUT2D eigenvalue weighted by atomic mass is 10.2. The predicted octanol–water partition coefficient (Wildman–Crippen LogP) is 5.70. The minimum Gasteiger partial charge on any atom is -0.337 e. The van der Waals surface area contributed by atoms with Gasteiger partial charge in [0.25, 0.3) is 0 Å². The van der Waals surface area contributed by atoms with Crippen LogP contribution in [0.15, 0.2) is 77.8 Å². The third-order valence-corrected chi connectivity index (χ3v) is 7.15. The molecular formula is C23H17Cl2FN2O3S. The second kappa shape index (κ2) is 8.94. The molecule has 4 aromatic rings. The average Bonchev–Trinajstić information content (AvgIpc) is 3.12. The summed E-state index contributed by atoms with van der Waals surface area (Å²) in [4.78, 5) is 12.8. The lowest BCUT2D eigenvalue weighted by Gasteiger charge is -2.09. The van der Waals surface area contributed by atoms with E-state index < -0.39 is 21.6 Å². The molecule has 0 aliphatic heterocycles. The molecule has 0 fully saturated rings. The SMILES string of the molecule is O=C(Cn1cc(S(=O)(=O)Cc2ccc(F)cc2)c2ccccc21)Nc1cc(Cl)ccc1Cl. The summed E-state index contributed by atoms with van der Waals surface area (Å²) in [6, 6.07) is 17.0. The number of fused-ring (bicyclic) bond motifs is 1. The number of aromatic nitrogens is 1. The van der Waals surface area contributed by atoms with E-state index in [0.29, 0.717) is 32.2 Å². The van der Waals surface area contributed by atoms with Gasteiger partial charge in [0.15, 0.2) is 9.84 Å². The smallest absolute Gasteiger partial charge is 0.244 e. The minimum atomic E-state index is -3.75. The number of hydrogen-bond acceptors (Lipinski definition) is 3. The molecule has 1 aromatic heterocycles. The summed E-state index contributed by atoms with van der Waals surface area (Å²) in [6.07, 6.45) is 1.45. The molecule has 0 saturated heterocycles. The molecule has 9 heteroatoms. The number of carbonyl (C=O) groups excluding carboxylic acids is 1. The number of carbonyl (C=O) groups is 1. The fraction of sp³-hybridized carbons (Fsp3) is 0.0870. The second-order valence-electron chi connectivity index (χ2n) is 7.20. The van der Waals surface area contributed by atoms with Crippen LogP contribution in [0.4, 0.5) is 10.1 Å². The van der Waals surface area contributed by atoms with Crippen LogP contribution in [-0.4, -0.2) is 18.9 Å². The topological polar surface area (TPSA) is 68.2 Å². The Hall–Kier alpha value is -2.87. The Labute approximate surface area is 194 Å². The third kappa shape index (κ3) is 4.80. The highest BCUT2D eigenvalue weighted by Crippen LogP contribution is 2.29. The monoisotopic (exact) mass is 490 g/mol. The Kier molecular flexibility index (Phi) is 6.24. The van der Waals surface area contributed by atoms with Crippen molar-refractivity contribution in [1.82, 2.24) is 4.57 Å². The van der Waals surface area contributed by atoms with Crippen molar-refractivity contribution in [3.8, 4) is 0 Å². The summed E-state index contributed by atoms with van der Waals surface area (Å²) in [6.45, 7) is -0.130. The van der Waals surface area contributed by atoms with Crippen LogP contribution in [0.2, 0.25) is 10.0 Å². The zero-order chi connectivity index (χ0) is 22.9. The number of para-hydroxylation sites is 1. The lowest BCUT2D eigenvalue weighted by Crippen LogP contribution is -2.18. The van der Waals surface area contributed by atoms with E-state index in [1.54, 1.807) is 41.0 Å². The minimum absolute atomic E-state index is 0.103. The van der Waals surface area contributed by atoms with Gasteiger partial charge in [-0.1, -0.05) is 53.5 Å². The molecule has 1 heterocycles. The van der Waals surface area contributed by atoms with Gasteiger partial charge in [-0.25, -0.2) is 12.8 Å². The molecule has 32 heavy (non-hydrogen) atoms. The highest BCUT2D eigenvalue weighted by molar-refractivity contribution is 7.90. The van der Waals surface area contributed by atoms with Crippen LogP contribution < -0.4 is 5.32 Å². The van der Waals surface area contributed by atoms with Gasteiger partial charge < -0.3 is 9.88 Å². The first kappa shape index (κ1) is 22.3. The van der Waals surface area contributed by atoms with Crippen molar-refractivity contribution in [2.24, 2.45) is 0 Å². The first-order valence-electron chi connectivity index (χ1n) is 9.53. The van der Waals surface area contributed by atoms with Gasteiger partial charge >= 0.3 is 0 Å². The summed E-state index contributed by atoms with van der Waals surface area (Å²) >= 11 is 12.1. The zero-order valence-electron chi connectivity index (χ0n) is 16.6. The fourth-order valence-corrected chi connectivity index (χ4v) is 5.33. The molecule has 3 aromatic carbocycles. The van der Waals surface area contributed by atoms with E-state index >= 15 is 0 Å². The Morgan fingerprint density at radius 1 is 1.00 bits per heavy atom. The van der Waals surface area contributed by atoms with Crippen LogP contribution in [0.5, 0.6) is 0 Å². The van der Waals surface area contributed by atoms with E-state index in [1.165, 1.54) is 36.5 Å². The Morgan fingerprint density at radius 2 is 1.72 bits per heavy atom. The first-order chi connectivity index (χ1) is 15.2. The van der Waals surface area contributed by atoms with Crippen molar-refractivity contribution in [1.29, 1.82) is 0 Å². The van der Waals surface area contributed by atoms with E-state index in [1.807, 2.05) is 0 Å². The van der Waals surface area contributed by atoms with Crippen LogP contribution in [0, 0.1) is 5.82 Å². The number of rotatable bonds is 6. The van der Waals surface area contributed by atoms with E-state index in [0.717, 1.165) is 0 Å². The van der Waals surface area contributed by atoms with E-state index in [-0.39, 0.29) is 17.2 Å². The molecule has 0 unspecified atom stereocenters. The number of anilines is 1. The molecule has 0 radical (unpaired) electrons. The van der Waals surface area contributed by atoms with Crippen molar-refractivity contribution in [2.45, 2.75) is 17.2 Å². The zero-order valence-corrected chi connectivity index (χ0v) is 18.9. The fourth-order valence-electron chi connectivity index (χ4n) is 3.41. The maximum Gasteiger partial charge on any atom is 0.244 e. The molecule has 0 aliphatic rings. The van der Waals surface area contributed by atoms with Gasteiger partial charge in [0.05, 0.1) is 21.4 Å². The van der Waals surface area contributed by atoms with Gasteiger partial charge in [-0.05, 0) is 42.0 Å².